The van der Waals surface area contributed by atoms with Crippen molar-refractivity contribution < 1.29 is 27.5 Å². The van der Waals surface area contributed by atoms with Crippen LogP contribution in [0.25, 0.3) is 0 Å². The summed E-state index contributed by atoms with van der Waals surface area (Å²) in [7, 11) is 0. The zero-order valence-electron chi connectivity index (χ0n) is 21.8. The fourth-order valence-electron chi connectivity index (χ4n) is 4.67. The molecule has 1 aliphatic heterocycles. The Balaban J connectivity index is 1.45. The average Bonchev–Trinajstić information content (AvgIpc) is 3.41. The molecule has 0 radical (unpaired) electrons. The molecule has 14 heteroatoms. The second-order valence-electron chi connectivity index (χ2n) is 9.38. The molecule has 0 spiro atoms. The number of halogens is 4. The predicted octanol–water partition coefficient (Wildman–Crippen LogP) is 4.66. The van der Waals surface area contributed by atoms with E-state index < -0.39 is 12.4 Å². The molecule has 4 rings (SSSR count). The summed E-state index contributed by atoms with van der Waals surface area (Å²) in [5.41, 5.74) is 1.75. The lowest BCUT2D eigenvalue weighted by atomic mass is 10.0. The van der Waals surface area contributed by atoms with Gasteiger partial charge in [-0.15, -0.1) is 18.3 Å². The first-order valence-electron chi connectivity index (χ1n) is 12.8. The molecule has 1 aromatic heterocycles. The Morgan fingerprint density at radius 2 is 2.02 bits per heavy atom. The Hall–Kier alpha value is -3.87. The maximum absolute atomic E-state index is 13.2. The standard InChI is InChI=1S/C26H29ClF3N7O3/c1-2-11-35(15-18-6-5-7-20(13-18)40-26(28,29)30)22-10-9-19(14-21(22)27)32-25(39)23-8-3-4-12-37(23)24(38)16-36-17-31-33-34-36/h5-7,9-10,13-14,17,23H,2-4,8,11-12,15-16H2,1H3,(H,32,39)/t23-/m1/s1. The number of piperidine rings is 1. The van der Waals surface area contributed by atoms with Crippen LogP contribution in [0.1, 0.15) is 38.2 Å². The molecule has 3 aromatic rings. The number of amides is 2. The molecule has 214 valence electrons. The maximum Gasteiger partial charge on any atom is 0.573 e. The fraction of sp³-hybridized carbons (Fsp3) is 0.423. The number of alkyl halides is 3. The number of nitrogens with zero attached hydrogens (tertiary/aromatic N) is 6. The minimum Gasteiger partial charge on any atom is -0.406 e. The number of carbonyl (C=O) groups is 2. The highest BCUT2D eigenvalue weighted by Crippen LogP contribution is 2.32. The van der Waals surface area contributed by atoms with Crippen LogP contribution >= 0.6 is 11.6 Å². The van der Waals surface area contributed by atoms with Crippen molar-refractivity contribution in [3.63, 3.8) is 0 Å². The van der Waals surface area contributed by atoms with Gasteiger partial charge in [0.05, 0.1) is 10.7 Å². The number of carbonyl (C=O) groups excluding carboxylic acids is 2. The van der Waals surface area contributed by atoms with Crippen LogP contribution in [0, 0.1) is 0 Å². The number of hydrogen-bond donors (Lipinski definition) is 1. The van der Waals surface area contributed by atoms with Crippen LogP contribution < -0.4 is 15.0 Å². The second-order valence-corrected chi connectivity index (χ2v) is 9.79. The molecule has 0 saturated carbocycles. The van der Waals surface area contributed by atoms with Crippen molar-refractivity contribution in [3.8, 4) is 5.75 Å². The third-order valence-electron chi connectivity index (χ3n) is 6.37. The quantitative estimate of drug-likeness (QED) is 0.372. The van der Waals surface area contributed by atoms with Crippen molar-refractivity contribution in [1.29, 1.82) is 0 Å². The van der Waals surface area contributed by atoms with Gasteiger partial charge in [0.25, 0.3) is 0 Å². The van der Waals surface area contributed by atoms with Gasteiger partial charge >= 0.3 is 6.36 Å². The van der Waals surface area contributed by atoms with Gasteiger partial charge in [-0.1, -0.05) is 30.7 Å². The largest absolute Gasteiger partial charge is 0.573 e. The molecule has 2 aromatic carbocycles. The molecule has 0 aliphatic carbocycles. The van der Waals surface area contributed by atoms with Gasteiger partial charge in [-0.05, 0) is 72.0 Å². The van der Waals surface area contributed by atoms with Crippen molar-refractivity contribution in [2.75, 3.05) is 23.3 Å². The summed E-state index contributed by atoms with van der Waals surface area (Å²) in [6.45, 7) is 3.27. The topological polar surface area (TPSA) is 105 Å². The van der Waals surface area contributed by atoms with E-state index in [4.69, 9.17) is 11.6 Å². The van der Waals surface area contributed by atoms with Crippen LogP contribution in [0.15, 0.2) is 48.8 Å². The lowest BCUT2D eigenvalue weighted by Gasteiger charge is -2.34. The Kier molecular flexibility index (Phi) is 9.46. The molecule has 1 aliphatic rings. The van der Waals surface area contributed by atoms with Crippen molar-refractivity contribution in [2.45, 2.75) is 58.1 Å². The third kappa shape index (κ3) is 7.84. The Morgan fingerprint density at radius 3 is 2.73 bits per heavy atom. The number of ether oxygens (including phenoxy) is 1. The molecule has 40 heavy (non-hydrogen) atoms. The van der Waals surface area contributed by atoms with Crippen molar-refractivity contribution in [1.82, 2.24) is 25.1 Å². The Labute approximate surface area is 234 Å². The molecular formula is C26H29ClF3N7O3. The molecule has 1 N–H and O–H groups in total. The van der Waals surface area contributed by atoms with Gasteiger partial charge in [0.15, 0.2) is 0 Å². The zero-order valence-corrected chi connectivity index (χ0v) is 22.5. The normalized spacial score (nSPS) is 15.5. The highest BCUT2D eigenvalue weighted by molar-refractivity contribution is 6.33. The summed E-state index contributed by atoms with van der Waals surface area (Å²) in [6, 6.07) is 10.3. The van der Waals surface area contributed by atoms with Crippen LogP contribution in [0.2, 0.25) is 5.02 Å². The average molecular weight is 580 g/mol. The van der Waals surface area contributed by atoms with Crippen LogP contribution in [0.4, 0.5) is 24.5 Å². The molecule has 1 fully saturated rings. The highest BCUT2D eigenvalue weighted by atomic mass is 35.5. The van der Waals surface area contributed by atoms with Gasteiger partial charge in [0.1, 0.15) is 24.7 Å². The molecule has 2 amide bonds. The fourth-order valence-corrected chi connectivity index (χ4v) is 4.97. The molecule has 2 heterocycles. The predicted molar refractivity (Wildman–Crippen MR) is 142 cm³/mol. The van der Waals surface area contributed by atoms with E-state index in [1.807, 2.05) is 11.8 Å². The van der Waals surface area contributed by atoms with Crippen LogP contribution in [0.3, 0.4) is 0 Å². The summed E-state index contributed by atoms with van der Waals surface area (Å²) in [4.78, 5) is 29.5. The SMILES string of the molecule is CCCN(Cc1cccc(OC(F)(F)F)c1)c1ccc(NC(=O)[C@H]2CCCCN2C(=O)Cn2cnnn2)cc1Cl. The van der Waals surface area contributed by atoms with Gasteiger partial charge in [-0.2, -0.15) is 0 Å². The van der Waals surface area contributed by atoms with E-state index in [0.29, 0.717) is 48.0 Å². The van der Waals surface area contributed by atoms with E-state index in [0.717, 1.165) is 19.3 Å². The first-order valence-corrected chi connectivity index (χ1v) is 13.2. The maximum atomic E-state index is 13.2. The number of anilines is 2. The summed E-state index contributed by atoms with van der Waals surface area (Å²) in [5, 5.41) is 14.0. The van der Waals surface area contributed by atoms with Gasteiger partial charge in [-0.25, -0.2) is 4.68 Å². The minimum absolute atomic E-state index is 0.0597. The van der Waals surface area contributed by atoms with Crippen LogP contribution in [-0.4, -0.2) is 62.4 Å². The number of hydrogen-bond acceptors (Lipinski definition) is 7. The number of aromatic nitrogens is 4. The van der Waals surface area contributed by atoms with Crippen molar-refractivity contribution >= 4 is 34.8 Å². The Bertz CT molecular complexity index is 1310. The van der Waals surface area contributed by atoms with E-state index in [1.54, 1.807) is 29.2 Å². The zero-order chi connectivity index (χ0) is 28.7. The van der Waals surface area contributed by atoms with E-state index >= 15 is 0 Å². The van der Waals surface area contributed by atoms with Gasteiger partial charge < -0.3 is 19.9 Å². The third-order valence-corrected chi connectivity index (χ3v) is 6.67. The first-order chi connectivity index (χ1) is 19.1. The number of benzene rings is 2. The van der Waals surface area contributed by atoms with E-state index in [2.05, 4.69) is 25.6 Å². The summed E-state index contributed by atoms with van der Waals surface area (Å²) in [6.07, 6.45) is -0.529. The van der Waals surface area contributed by atoms with Gasteiger partial charge in [-0.3, -0.25) is 9.59 Å². The van der Waals surface area contributed by atoms with E-state index in [-0.39, 0.29) is 24.1 Å². The number of tetrazole rings is 1. The lowest BCUT2D eigenvalue weighted by Crippen LogP contribution is -2.51. The minimum atomic E-state index is -4.78. The number of likely N-dealkylation sites (tertiary alicyclic amines) is 1. The van der Waals surface area contributed by atoms with Crippen LogP contribution in [0.5, 0.6) is 5.75 Å². The summed E-state index contributed by atoms with van der Waals surface area (Å²) in [5.74, 6) is -0.861. The molecular weight excluding hydrogens is 551 g/mol. The highest BCUT2D eigenvalue weighted by Gasteiger charge is 2.33. The Morgan fingerprint density at radius 1 is 1.20 bits per heavy atom. The summed E-state index contributed by atoms with van der Waals surface area (Å²) >= 11 is 6.62. The lowest BCUT2D eigenvalue weighted by molar-refractivity contribution is -0.274. The molecule has 1 atom stereocenters. The molecule has 0 unspecified atom stereocenters. The second kappa shape index (κ2) is 13.0. The first kappa shape index (κ1) is 29.1. The number of rotatable bonds is 10. The summed E-state index contributed by atoms with van der Waals surface area (Å²) < 4.78 is 43.3. The molecule has 10 nitrogen and oxygen atoms in total. The molecule has 0 bridgehead atoms. The monoisotopic (exact) mass is 579 g/mol. The smallest absolute Gasteiger partial charge is 0.406 e. The van der Waals surface area contributed by atoms with Crippen molar-refractivity contribution in [2.24, 2.45) is 0 Å². The van der Waals surface area contributed by atoms with E-state index in [9.17, 15) is 22.8 Å². The van der Waals surface area contributed by atoms with Gasteiger partial charge in [0, 0.05) is 25.3 Å². The van der Waals surface area contributed by atoms with E-state index in [1.165, 1.54) is 29.2 Å². The van der Waals surface area contributed by atoms with Crippen molar-refractivity contribution in [3.05, 3.63) is 59.4 Å². The van der Waals surface area contributed by atoms with Gasteiger partial charge in [0.2, 0.25) is 11.8 Å². The van der Waals surface area contributed by atoms with Crippen LogP contribution in [-0.2, 0) is 22.7 Å². The molecule has 1 saturated heterocycles. The number of nitrogens with one attached hydrogen (secondary N) is 1.